The minimum Gasteiger partial charge on any atom is -0.481 e. The molecular weight excluding hydrogens is 344 g/mol. The summed E-state index contributed by atoms with van der Waals surface area (Å²) in [7, 11) is 0. The third-order valence-corrected chi connectivity index (χ3v) is 5.53. The van der Waals surface area contributed by atoms with E-state index >= 15 is 0 Å². The van der Waals surface area contributed by atoms with Gasteiger partial charge in [-0.2, -0.15) is 0 Å². The van der Waals surface area contributed by atoms with Gasteiger partial charge in [0.05, 0.1) is 12.0 Å². The number of carboxylic acids is 1. The largest absolute Gasteiger partial charge is 0.481 e. The van der Waals surface area contributed by atoms with Crippen molar-refractivity contribution in [2.24, 2.45) is 17.3 Å². The molecule has 5 nitrogen and oxygen atoms in total. The van der Waals surface area contributed by atoms with E-state index in [9.17, 15) is 24.9 Å². The normalized spacial score (nSPS) is 20.4. The Hall–Kier alpha value is -1.64. The van der Waals surface area contributed by atoms with Crippen LogP contribution in [0.25, 0.3) is 0 Å². The van der Waals surface area contributed by atoms with Crippen LogP contribution in [0.5, 0.6) is 0 Å². The minimum absolute atomic E-state index is 0.0239. The van der Waals surface area contributed by atoms with Crippen molar-refractivity contribution in [2.45, 2.75) is 84.8 Å². The van der Waals surface area contributed by atoms with Crippen molar-refractivity contribution in [3.05, 3.63) is 11.6 Å². The molecule has 1 aliphatic carbocycles. The van der Waals surface area contributed by atoms with Crippen LogP contribution in [0.1, 0.15) is 72.6 Å². The number of rotatable bonds is 10. The summed E-state index contributed by atoms with van der Waals surface area (Å²) in [5, 5.41) is 29.7. The third-order valence-electron chi connectivity index (χ3n) is 5.53. The molecular formula is C22H34O5. The molecule has 0 bridgehead atoms. The predicted octanol–water partition coefficient (Wildman–Crippen LogP) is 3.33. The third kappa shape index (κ3) is 7.48. The maximum Gasteiger partial charge on any atom is 0.306 e. The van der Waals surface area contributed by atoms with Crippen LogP contribution in [0, 0.1) is 29.1 Å². The lowest BCUT2D eigenvalue weighted by Gasteiger charge is -2.30. The molecule has 3 unspecified atom stereocenters. The van der Waals surface area contributed by atoms with Gasteiger partial charge in [-0.1, -0.05) is 58.8 Å². The van der Waals surface area contributed by atoms with Gasteiger partial charge < -0.3 is 15.3 Å². The van der Waals surface area contributed by atoms with Crippen LogP contribution >= 0.6 is 0 Å². The summed E-state index contributed by atoms with van der Waals surface area (Å²) in [5.74, 6) is 4.23. The first-order valence-corrected chi connectivity index (χ1v) is 9.93. The number of hydrogen-bond acceptors (Lipinski definition) is 4. The van der Waals surface area contributed by atoms with Crippen LogP contribution in [0.4, 0.5) is 0 Å². The van der Waals surface area contributed by atoms with Crippen molar-refractivity contribution >= 4 is 11.8 Å². The first-order chi connectivity index (χ1) is 12.6. The highest BCUT2D eigenvalue weighted by Gasteiger charge is 2.30. The van der Waals surface area contributed by atoms with Gasteiger partial charge in [0.1, 0.15) is 6.10 Å². The van der Waals surface area contributed by atoms with E-state index in [2.05, 4.69) is 18.8 Å². The lowest BCUT2D eigenvalue weighted by atomic mass is 9.77. The van der Waals surface area contributed by atoms with Gasteiger partial charge in [0, 0.05) is 17.4 Å². The first-order valence-electron chi connectivity index (χ1n) is 9.93. The number of allylic oxidation sites excluding steroid dienone is 1. The second-order valence-corrected chi connectivity index (χ2v) is 8.40. The molecule has 0 fully saturated rings. The van der Waals surface area contributed by atoms with E-state index in [4.69, 9.17) is 0 Å². The SMILES string of the molecule is CCCCCC(C(=O)O)C(C)CCC(C)(C)C(O)C#CC1=CC(=O)C[C@H]1O. The van der Waals surface area contributed by atoms with Crippen molar-refractivity contribution in [1.29, 1.82) is 0 Å². The van der Waals surface area contributed by atoms with E-state index in [1.807, 2.05) is 20.8 Å². The van der Waals surface area contributed by atoms with Crippen molar-refractivity contribution in [2.75, 3.05) is 0 Å². The molecule has 0 aromatic rings. The number of ketones is 1. The lowest BCUT2D eigenvalue weighted by molar-refractivity contribution is -0.144. The Morgan fingerprint density at radius 2 is 2.00 bits per heavy atom. The Morgan fingerprint density at radius 1 is 1.33 bits per heavy atom. The molecule has 4 atom stereocenters. The van der Waals surface area contributed by atoms with Gasteiger partial charge in [0.25, 0.3) is 0 Å². The van der Waals surface area contributed by atoms with Crippen molar-refractivity contribution < 1.29 is 24.9 Å². The van der Waals surface area contributed by atoms with Crippen LogP contribution in [-0.2, 0) is 9.59 Å². The highest BCUT2D eigenvalue weighted by atomic mass is 16.4. The molecule has 152 valence electrons. The molecule has 0 spiro atoms. The fourth-order valence-electron chi connectivity index (χ4n) is 3.30. The van der Waals surface area contributed by atoms with Gasteiger partial charge in [0.15, 0.2) is 5.78 Å². The van der Waals surface area contributed by atoms with Gasteiger partial charge in [-0.05, 0) is 31.3 Å². The number of carbonyl (C=O) groups is 2. The van der Waals surface area contributed by atoms with Crippen LogP contribution in [0.15, 0.2) is 11.6 Å². The molecule has 0 heterocycles. The second-order valence-electron chi connectivity index (χ2n) is 8.40. The van der Waals surface area contributed by atoms with Crippen LogP contribution in [-0.4, -0.2) is 39.3 Å². The van der Waals surface area contributed by atoms with E-state index in [1.165, 1.54) is 6.08 Å². The van der Waals surface area contributed by atoms with E-state index in [1.54, 1.807) is 0 Å². The van der Waals surface area contributed by atoms with Gasteiger partial charge in [-0.3, -0.25) is 9.59 Å². The molecule has 5 heteroatoms. The zero-order valence-corrected chi connectivity index (χ0v) is 17.0. The van der Waals surface area contributed by atoms with Gasteiger partial charge in [-0.15, -0.1) is 0 Å². The average molecular weight is 379 g/mol. The van der Waals surface area contributed by atoms with Crippen molar-refractivity contribution in [3.63, 3.8) is 0 Å². The van der Waals surface area contributed by atoms with Gasteiger partial charge >= 0.3 is 5.97 Å². The van der Waals surface area contributed by atoms with Gasteiger partial charge in [0.2, 0.25) is 0 Å². The summed E-state index contributed by atoms with van der Waals surface area (Å²) >= 11 is 0. The molecule has 1 aliphatic rings. The van der Waals surface area contributed by atoms with Crippen LogP contribution < -0.4 is 0 Å². The fraction of sp³-hybridized carbons (Fsp3) is 0.727. The summed E-state index contributed by atoms with van der Waals surface area (Å²) in [6.45, 7) is 7.86. The summed E-state index contributed by atoms with van der Waals surface area (Å²) in [6.07, 6.45) is 4.63. The predicted molar refractivity (Wildman–Crippen MR) is 105 cm³/mol. The maximum absolute atomic E-state index is 11.6. The monoisotopic (exact) mass is 378 g/mol. The number of carbonyl (C=O) groups excluding carboxylic acids is 1. The molecule has 0 aliphatic heterocycles. The van der Waals surface area contributed by atoms with E-state index < -0.39 is 23.6 Å². The van der Waals surface area contributed by atoms with E-state index in [0.717, 1.165) is 19.3 Å². The summed E-state index contributed by atoms with van der Waals surface area (Å²) < 4.78 is 0. The Morgan fingerprint density at radius 3 is 2.52 bits per heavy atom. The molecule has 0 radical (unpaired) electrons. The zero-order valence-electron chi connectivity index (χ0n) is 17.0. The minimum atomic E-state index is -0.920. The van der Waals surface area contributed by atoms with E-state index in [0.29, 0.717) is 24.8 Å². The molecule has 0 saturated carbocycles. The van der Waals surface area contributed by atoms with Gasteiger partial charge in [-0.25, -0.2) is 0 Å². The molecule has 1 rings (SSSR count). The Balaban J connectivity index is 2.63. The summed E-state index contributed by atoms with van der Waals surface area (Å²) in [5.41, 5.74) is -0.160. The smallest absolute Gasteiger partial charge is 0.306 e. The number of unbranched alkanes of at least 4 members (excludes halogenated alkanes) is 2. The second kappa shape index (κ2) is 10.6. The number of hydrogen-bond donors (Lipinski definition) is 3. The molecule has 3 N–H and O–H groups in total. The lowest BCUT2D eigenvalue weighted by Crippen LogP contribution is -2.30. The fourth-order valence-corrected chi connectivity index (χ4v) is 3.30. The number of carboxylic acid groups (broad SMARTS) is 1. The number of aliphatic carboxylic acids is 1. The molecule has 0 aromatic carbocycles. The molecule has 27 heavy (non-hydrogen) atoms. The Labute approximate surface area is 162 Å². The maximum atomic E-state index is 11.6. The van der Waals surface area contributed by atoms with E-state index in [-0.39, 0.29) is 24.0 Å². The first kappa shape index (κ1) is 23.4. The average Bonchev–Trinajstić information content (AvgIpc) is 2.91. The number of aliphatic hydroxyl groups is 2. The molecule has 0 saturated heterocycles. The Kier molecular flexibility index (Phi) is 9.21. The molecule has 0 amide bonds. The number of aliphatic hydroxyl groups excluding tert-OH is 2. The van der Waals surface area contributed by atoms with Crippen molar-refractivity contribution in [1.82, 2.24) is 0 Å². The quantitative estimate of drug-likeness (QED) is 0.400. The highest BCUT2D eigenvalue weighted by Crippen LogP contribution is 2.32. The Bertz CT molecular complexity index is 608. The standard InChI is InChI=1S/C22H34O5/c1-5-6-7-8-18(21(26)27)15(2)11-12-22(3,4)20(25)10-9-16-13-17(23)14-19(16)24/h13,15,18-20,24-25H,5-8,11-12,14H2,1-4H3,(H,26,27)/t15?,18?,19-,20?/m1/s1. The van der Waals surface area contributed by atoms with Crippen LogP contribution in [0.3, 0.4) is 0 Å². The zero-order chi connectivity index (χ0) is 20.6. The summed E-state index contributed by atoms with van der Waals surface area (Å²) in [4.78, 5) is 22.9. The summed E-state index contributed by atoms with van der Waals surface area (Å²) in [6, 6.07) is 0. The van der Waals surface area contributed by atoms with Crippen LogP contribution in [0.2, 0.25) is 0 Å². The van der Waals surface area contributed by atoms with Crippen molar-refractivity contribution in [3.8, 4) is 11.8 Å². The highest BCUT2D eigenvalue weighted by molar-refractivity contribution is 5.95. The topological polar surface area (TPSA) is 94.8 Å². The molecule has 0 aromatic heterocycles.